The van der Waals surface area contributed by atoms with Crippen molar-refractivity contribution in [2.45, 2.75) is 347 Å². The Hall–Kier alpha value is -2.18. The highest BCUT2D eigenvalue weighted by Crippen LogP contribution is 2.17. The quantitative estimate of drug-likeness (QED) is 0.0320. The highest BCUT2D eigenvalue weighted by Gasteiger charge is 2.18. The monoisotopic (exact) mass is 1010 g/mol. The normalized spacial score (nSPS) is 12.9. The zero-order valence-electron chi connectivity index (χ0n) is 48.2. The van der Waals surface area contributed by atoms with E-state index in [1.165, 1.54) is 244 Å². The van der Waals surface area contributed by atoms with E-state index >= 15 is 0 Å². The van der Waals surface area contributed by atoms with Crippen LogP contribution in [0, 0.1) is 0 Å². The van der Waals surface area contributed by atoms with Crippen molar-refractivity contribution in [2.24, 2.45) is 0 Å². The largest absolute Gasteiger partial charge is 0.466 e. The molecule has 3 N–H and O–H groups in total. The number of carbonyl (C=O) groups is 2. The first-order chi connectivity index (χ1) is 35.5. The summed E-state index contributed by atoms with van der Waals surface area (Å²) in [5, 5.41) is 23.2. The molecule has 6 nitrogen and oxygen atoms in total. The van der Waals surface area contributed by atoms with Crippen LogP contribution in [0.15, 0.2) is 48.6 Å². The highest BCUT2D eigenvalue weighted by molar-refractivity contribution is 5.76. The van der Waals surface area contributed by atoms with Crippen molar-refractivity contribution in [3.05, 3.63) is 48.6 Å². The molecule has 0 aliphatic rings. The lowest BCUT2D eigenvalue weighted by Gasteiger charge is -2.20. The number of ether oxygens (including phenoxy) is 1. The van der Waals surface area contributed by atoms with Crippen molar-refractivity contribution in [3.8, 4) is 0 Å². The molecule has 422 valence electrons. The maximum atomic E-state index is 12.5. The molecular formula is C66H123NO5. The number of esters is 1. The number of allylic oxidation sites excluding steroid dienone is 7. The minimum absolute atomic E-state index is 0.0103. The molecule has 0 aliphatic carbocycles. The summed E-state index contributed by atoms with van der Waals surface area (Å²) in [5.74, 6) is -0.0864. The Morgan fingerprint density at radius 3 is 1.08 bits per heavy atom. The zero-order valence-corrected chi connectivity index (χ0v) is 48.2. The van der Waals surface area contributed by atoms with Crippen LogP contribution in [0.25, 0.3) is 0 Å². The van der Waals surface area contributed by atoms with E-state index in [1.54, 1.807) is 6.08 Å². The van der Waals surface area contributed by atoms with Gasteiger partial charge in [-0.2, -0.15) is 0 Å². The number of unbranched alkanes of at least 4 members (excludes halogenated alkanes) is 42. The van der Waals surface area contributed by atoms with Gasteiger partial charge in [0.05, 0.1) is 25.4 Å². The molecule has 0 heterocycles. The summed E-state index contributed by atoms with van der Waals surface area (Å²) in [4.78, 5) is 24.6. The van der Waals surface area contributed by atoms with Gasteiger partial charge >= 0.3 is 5.97 Å². The maximum Gasteiger partial charge on any atom is 0.305 e. The van der Waals surface area contributed by atoms with Gasteiger partial charge in [-0.15, -0.1) is 0 Å². The second-order valence-corrected chi connectivity index (χ2v) is 21.7. The molecule has 1 amide bonds. The average Bonchev–Trinajstić information content (AvgIpc) is 3.38. The summed E-state index contributed by atoms with van der Waals surface area (Å²) in [6, 6.07) is -0.637. The molecule has 0 aliphatic heterocycles. The number of nitrogens with one attached hydrogen (secondary N) is 1. The van der Waals surface area contributed by atoms with Crippen LogP contribution in [-0.2, 0) is 14.3 Å². The van der Waals surface area contributed by atoms with Gasteiger partial charge in [0.15, 0.2) is 0 Å². The third kappa shape index (κ3) is 57.1. The van der Waals surface area contributed by atoms with E-state index < -0.39 is 12.1 Å². The van der Waals surface area contributed by atoms with E-state index in [0.717, 1.165) is 64.2 Å². The van der Waals surface area contributed by atoms with Gasteiger partial charge in [0.2, 0.25) is 5.91 Å². The van der Waals surface area contributed by atoms with Crippen molar-refractivity contribution >= 4 is 11.9 Å². The molecule has 0 saturated heterocycles. The molecule has 72 heavy (non-hydrogen) atoms. The molecule has 6 heteroatoms. The van der Waals surface area contributed by atoms with Gasteiger partial charge in [-0.05, 0) is 89.9 Å². The SMILES string of the molecule is CCCCCC/C=C\C/C=C\CCCCCCCC(=O)OCCCCCCCCCC/C=C\CCCCCCCCCC(=O)NC(CO)C(O)/C=C/CCCCCCCCCCCCCCCCCCCC. The molecule has 0 spiro atoms. The molecule has 0 bridgehead atoms. The first kappa shape index (κ1) is 69.8. The highest BCUT2D eigenvalue weighted by atomic mass is 16.5. The summed E-state index contributed by atoms with van der Waals surface area (Å²) in [7, 11) is 0. The van der Waals surface area contributed by atoms with E-state index in [1.807, 2.05) is 6.08 Å². The van der Waals surface area contributed by atoms with Crippen molar-refractivity contribution < 1.29 is 24.5 Å². The Kier molecular flexibility index (Phi) is 59.5. The Morgan fingerprint density at radius 2 is 0.694 bits per heavy atom. The van der Waals surface area contributed by atoms with Crippen LogP contribution in [-0.4, -0.2) is 47.4 Å². The van der Waals surface area contributed by atoms with E-state index in [0.29, 0.717) is 19.4 Å². The molecule has 0 aromatic rings. The summed E-state index contributed by atoms with van der Waals surface area (Å²) in [6.07, 6.45) is 78.6. The van der Waals surface area contributed by atoms with E-state index in [4.69, 9.17) is 4.74 Å². The molecule has 2 unspecified atom stereocenters. The van der Waals surface area contributed by atoms with Crippen LogP contribution in [0.1, 0.15) is 335 Å². The van der Waals surface area contributed by atoms with Gasteiger partial charge < -0.3 is 20.3 Å². The lowest BCUT2D eigenvalue weighted by Crippen LogP contribution is -2.45. The topological polar surface area (TPSA) is 95.9 Å². The summed E-state index contributed by atoms with van der Waals surface area (Å²) in [5.41, 5.74) is 0. The first-order valence-electron chi connectivity index (χ1n) is 31.9. The minimum Gasteiger partial charge on any atom is -0.466 e. The van der Waals surface area contributed by atoms with Crippen LogP contribution in [0.3, 0.4) is 0 Å². The number of carbonyl (C=O) groups excluding carboxylic acids is 2. The Labute approximate surface area is 448 Å². The van der Waals surface area contributed by atoms with Gasteiger partial charge in [-0.3, -0.25) is 9.59 Å². The first-order valence-corrected chi connectivity index (χ1v) is 31.9. The number of amides is 1. The fourth-order valence-corrected chi connectivity index (χ4v) is 9.66. The van der Waals surface area contributed by atoms with Crippen molar-refractivity contribution in [3.63, 3.8) is 0 Å². The van der Waals surface area contributed by atoms with Crippen LogP contribution in [0.4, 0.5) is 0 Å². The fourth-order valence-electron chi connectivity index (χ4n) is 9.66. The Balaban J connectivity index is 3.48. The third-order valence-electron chi connectivity index (χ3n) is 14.6. The lowest BCUT2D eigenvalue weighted by atomic mass is 10.0. The molecule has 0 fully saturated rings. The average molecular weight is 1010 g/mol. The maximum absolute atomic E-state index is 12.5. The van der Waals surface area contributed by atoms with E-state index in [2.05, 4.69) is 55.6 Å². The van der Waals surface area contributed by atoms with Gasteiger partial charge in [0.25, 0.3) is 0 Å². The van der Waals surface area contributed by atoms with Crippen molar-refractivity contribution in [1.29, 1.82) is 0 Å². The summed E-state index contributed by atoms with van der Waals surface area (Å²) < 4.78 is 5.48. The predicted molar refractivity (Wildman–Crippen MR) is 315 cm³/mol. The predicted octanol–water partition coefficient (Wildman–Crippen LogP) is 20.1. The van der Waals surface area contributed by atoms with Crippen molar-refractivity contribution in [2.75, 3.05) is 13.2 Å². The van der Waals surface area contributed by atoms with Crippen molar-refractivity contribution in [1.82, 2.24) is 5.32 Å². The van der Waals surface area contributed by atoms with Crippen LogP contribution in [0.5, 0.6) is 0 Å². The minimum atomic E-state index is -0.853. The second kappa shape index (κ2) is 61.4. The fraction of sp³-hybridized carbons (Fsp3) is 0.848. The molecule has 0 aromatic carbocycles. The van der Waals surface area contributed by atoms with Crippen LogP contribution in [0.2, 0.25) is 0 Å². The smallest absolute Gasteiger partial charge is 0.305 e. The number of aliphatic hydroxyl groups is 2. The standard InChI is InChI=1S/C66H123NO5/c1-3-5-7-9-11-13-15-17-19-21-22-24-27-30-34-38-42-46-50-54-58-64(69)63(62-68)67-65(70)59-55-51-47-43-39-35-31-28-25-23-26-29-33-37-41-45-49-53-57-61-72-66(71)60-56-52-48-44-40-36-32-20-18-16-14-12-10-8-6-4-2/h14,16,20,23,25,32,54,58,63-64,68-69H,3-13,15,17-19,21-22,24,26-31,33-53,55-57,59-62H2,1-2H3,(H,67,70)/b16-14-,25-23-,32-20-,58-54+. The van der Waals surface area contributed by atoms with E-state index in [-0.39, 0.29) is 18.5 Å². The van der Waals surface area contributed by atoms with Gasteiger partial charge in [0, 0.05) is 12.8 Å². The molecule has 0 rings (SSSR count). The second-order valence-electron chi connectivity index (χ2n) is 21.7. The van der Waals surface area contributed by atoms with E-state index in [9.17, 15) is 19.8 Å². The van der Waals surface area contributed by atoms with Gasteiger partial charge in [-0.1, -0.05) is 281 Å². The van der Waals surface area contributed by atoms with Crippen LogP contribution >= 0.6 is 0 Å². The number of rotatable bonds is 59. The number of aliphatic hydroxyl groups excluding tert-OH is 2. The Morgan fingerprint density at radius 1 is 0.389 bits per heavy atom. The molecule has 0 aromatic heterocycles. The van der Waals surface area contributed by atoms with Crippen LogP contribution < -0.4 is 5.32 Å². The third-order valence-corrected chi connectivity index (χ3v) is 14.6. The molecule has 0 saturated carbocycles. The molecule has 2 atom stereocenters. The van der Waals surface area contributed by atoms with Gasteiger partial charge in [0.1, 0.15) is 0 Å². The lowest BCUT2D eigenvalue weighted by molar-refractivity contribution is -0.143. The summed E-state index contributed by atoms with van der Waals surface area (Å²) in [6.45, 7) is 4.88. The molecule has 0 radical (unpaired) electrons. The number of hydrogen-bond acceptors (Lipinski definition) is 5. The zero-order chi connectivity index (χ0) is 52.2. The Bertz CT molecular complexity index is 1210. The van der Waals surface area contributed by atoms with Gasteiger partial charge in [-0.25, -0.2) is 0 Å². The molecular weight excluding hydrogens is 887 g/mol. The number of hydrogen-bond donors (Lipinski definition) is 3. The summed E-state index contributed by atoms with van der Waals surface area (Å²) >= 11 is 0.